The summed E-state index contributed by atoms with van der Waals surface area (Å²) in [6.07, 6.45) is 2.23. The van der Waals surface area contributed by atoms with Gasteiger partial charge >= 0.3 is 0 Å². The van der Waals surface area contributed by atoms with Gasteiger partial charge in [0.2, 0.25) is 11.8 Å². The normalized spacial score (nSPS) is 21.2. The summed E-state index contributed by atoms with van der Waals surface area (Å²) in [7, 11) is 0. The molecular formula is C24H25N3O3S. The predicted octanol–water partition coefficient (Wildman–Crippen LogP) is 3.86. The number of thiazole rings is 1. The third-order valence-electron chi connectivity index (χ3n) is 5.97. The summed E-state index contributed by atoms with van der Waals surface area (Å²) in [6.45, 7) is 2.21. The van der Waals surface area contributed by atoms with Crippen LogP contribution in [0.25, 0.3) is 10.2 Å². The smallest absolute Gasteiger partial charge is 0.234 e. The lowest BCUT2D eigenvalue weighted by Crippen LogP contribution is -2.42. The van der Waals surface area contributed by atoms with E-state index in [0.717, 1.165) is 35.2 Å². The molecule has 0 aliphatic carbocycles. The van der Waals surface area contributed by atoms with E-state index < -0.39 is 0 Å². The highest BCUT2D eigenvalue weighted by atomic mass is 32.1. The van der Waals surface area contributed by atoms with Crippen LogP contribution in [0.15, 0.2) is 54.6 Å². The molecule has 0 unspecified atom stereocenters. The maximum Gasteiger partial charge on any atom is 0.234 e. The number of para-hydroxylation sites is 1. The van der Waals surface area contributed by atoms with Crippen molar-refractivity contribution >= 4 is 38.5 Å². The second kappa shape index (κ2) is 8.77. The van der Waals surface area contributed by atoms with Gasteiger partial charge in [0, 0.05) is 26.1 Å². The molecule has 2 saturated heterocycles. The average molecular weight is 436 g/mol. The van der Waals surface area contributed by atoms with Crippen LogP contribution in [0.2, 0.25) is 0 Å². The Labute approximate surface area is 185 Å². The fraction of sp³-hybridized carbons (Fsp3) is 0.375. The van der Waals surface area contributed by atoms with Crippen LogP contribution in [-0.2, 0) is 20.9 Å². The van der Waals surface area contributed by atoms with Crippen molar-refractivity contribution in [3.05, 3.63) is 60.2 Å². The molecule has 3 aromatic rings. The SMILES string of the molecule is O=C1C[C@H](C(=O)N(C[C@@H]2CCCO2)c2nc3ccccc3s2)CN1Cc1ccccc1. The molecule has 160 valence electrons. The van der Waals surface area contributed by atoms with E-state index in [1.165, 1.54) is 11.3 Å². The van der Waals surface area contributed by atoms with Crippen molar-refractivity contribution in [3.8, 4) is 0 Å². The van der Waals surface area contributed by atoms with Crippen LogP contribution in [0.5, 0.6) is 0 Å². The van der Waals surface area contributed by atoms with Crippen LogP contribution in [0.3, 0.4) is 0 Å². The molecule has 31 heavy (non-hydrogen) atoms. The van der Waals surface area contributed by atoms with Gasteiger partial charge in [-0.05, 0) is 30.5 Å². The van der Waals surface area contributed by atoms with Crippen LogP contribution in [0, 0.1) is 5.92 Å². The number of carbonyl (C=O) groups excluding carboxylic acids is 2. The van der Waals surface area contributed by atoms with Crippen molar-refractivity contribution in [1.82, 2.24) is 9.88 Å². The van der Waals surface area contributed by atoms with Crippen molar-refractivity contribution in [2.24, 2.45) is 5.92 Å². The Morgan fingerprint density at radius 3 is 2.74 bits per heavy atom. The van der Waals surface area contributed by atoms with Gasteiger partial charge in [-0.15, -0.1) is 0 Å². The van der Waals surface area contributed by atoms with Gasteiger partial charge in [-0.25, -0.2) is 4.98 Å². The zero-order valence-electron chi connectivity index (χ0n) is 17.3. The number of amides is 2. The molecule has 7 heteroatoms. The number of carbonyl (C=O) groups is 2. The fourth-order valence-electron chi connectivity index (χ4n) is 4.34. The average Bonchev–Trinajstić information content (AvgIpc) is 3.52. The summed E-state index contributed by atoms with van der Waals surface area (Å²) < 4.78 is 6.87. The Morgan fingerprint density at radius 1 is 1.16 bits per heavy atom. The molecule has 0 spiro atoms. The van der Waals surface area contributed by atoms with E-state index in [-0.39, 0.29) is 30.3 Å². The first-order valence-electron chi connectivity index (χ1n) is 10.8. The highest BCUT2D eigenvalue weighted by molar-refractivity contribution is 7.22. The van der Waals surface area contributed by atoms with Crippen LogP contribution < -0.4 is 4.90 Å². The number of rotatable bonds is 6. The third-order valence-corrected chi connectivity index (χ3v) is 7.03. The molecule has 2 fully saturated rings. The molecular weight excluding hydrogens is 410 g/mol. The molecule has 1 aromatic heterocycles. The van der Waals surface area contributed by atoms with Crippen LogP contribution in [0.1, 0.15) is 24.8 Å². The molecule has 2 aliphatic heterocycles. The van der Waals surface area contributed by atoms with Crippen LogP contribution in [-0.4, -0.2) is 47.5 Å². The van der Waals surface area contributed by atoms with Gasteiger partial charge in [0.1, 0.15) is 0 Å². The van der Waals surface area contributed by atoms with Gasteiger partial charge in [-0.3, -0.25) is 14.5 Å². The second-order valence-electron chi connectivity index (χ2n) is 8.21. The molecule has 3 heterocycles. The van der Waals surface area contributed by atoms with Gasteiger partial charge in [-0.1, -0.05) is 53.8 Å². The van der Waals surface area contributed by atoms with E-state index in [1.807, 2.05) is 54.6 Å². The zero-order valence-corrected chi connectivity index (χ0v) is 18.1. The minimum absolute atomic E-state index is 0.0217. The first kappa shape index (κ1) is 20.2. The summed E-state index contributed by atoms with van der Waals surface area (Å²) in [5, 5.41) is 0.690. The van der Waals surface area contributed by atoms with E-state index in [0.29, 0.717) is 24.8 Å². The standard InChI is InChI=1S/C24H25N3O3S/c28-22-13-18(15-26(22)14-17-7-2-1-3-8-17)23(29)27(16-19-9-6-12-30-19)24-25-20-10-4-5-11-21(20)31-24/h1-5,7-8,10-11,18-19H,6,9,12-16H2/t18-,19-/m0/s1. The molecule has 0 saturated carbocycles. The number of benzene rings is 2. The molecule has 2 aliphatic rings. The molecule has 0 N–H and O–H groups in total. The second-order valence-corrected chi connectivity index (χ2v) is 9.22. The molecule has 2 atom stereocenters. The van der Waals surface area contributed by atoms with Crippen molar-refractivity contribution in [3.63, 3.8) is 0 Å². The molecule has 2 amide bonds. The quantitative estimate of drug-likeness (QED) is 0.590. The van der Waals surface area contributed by atoms with E-state index in [2.05, 4.69) is 0 Å². The van der Waals surface area contributed by atoms with Gasteiger partial charge < -0.3 is 9.64 Å². The monoisotopic (exact) mass is 435 g/mol. The van der Waals surface area contributed by atoms with Crippen molar-refractivity contribution in [1.29, 1.82) is 0 Å². The summed E-state index contributed by atoms with van der Waals surface area (Å²) in [5.41, 5.74) is 1.96. The lowest BCUT2D eigenvalue weighted by Gasteiger charge is -2.25. The molecule has 0 radical (unpaired) electrons. The zero-order chi connectivity index (χ0) is 21.2. The van der Waals surface area contributed by atoms with E-state index in [4.69, 9.17) is 9.72 Å². The van der Waals surface area contributed by atoms with Crippen molar-refractivity contribution in [2.75, 3.05) is 24.6 Å². The number of hydrogen-bond acceptors (Lipinski definition) is 5. The largest absolute Gasteiger partial charge is 0.376 e. The Morgan fingerprint density at radius 2 is 1.97 bits per heavy atom. The molecule has 2 aromatic carbocycles. The lowest BCUT2D eigenvalue weighted by molar-refractivity contribution is -0.129. The van der Waals surface area contributed by atoms with Crippen molar-refractivity contribution < 1.29 is 14.3 Å². The topological polar surface area (TPSA) is 62.7 Å². The minimum Gasteiger partial charge on any atom is -0.376 e. The maximum atomic E-state index is 13.6. The Bertz CT molecular complexity index is 1040. The third kappa shape index (κ3) is 4.34. The minimum atomic E-state index is -0.357. The van der Waals surface area contributed by atoms with Gasteiger partial charge in [0.05, 0.1) is 28.8 Å². The Hall–Kier alpha value is -2.77. The van der Waals surface area contributed by atoms with Gasteiger partial charge in [0.15, 0.2) is 5.13 Å². The maximum absolute atomic E-state index is 13.6. The van der Waals surface area contributed by atoms with E-state index in [9.17, 15) is 9.59 Å². The van der Waals surface area contributed by atoms with E-state index >= 15 is 0 Å². The Balaban J connectivity index is 1.36. The van der Waals surface area contributed by atoms with Crippen LogP contribution in [0.4, 0.5) is 5.13 Å². The number of nitrogens with zero attached hydrogens (tertiary/aromatic N) is 3. The fourth-order valence-corrected chi connectivity index (χ4v) is 5.32. The number of fused-ring (bicyclic) bond motifs is 1. The highest BCUT2D eigenvalue weighted by Crippen LogP contribution is 2.32. The number of hydrogen-bond donors (Lipinski definition) is 0. The first-order chi connectivity index (χ1) is 15.2. The lowest BCUT2D eigenvalue weighted by atomic mass is 10.1. The predicted molar refractivity (Wildman–Crippen MR) is 121 cm³/mol. The number of aromatic nitrogens is 1. The summed E-state index contributed by atoms with van der Waals surface area (Å²) in [5.74, 6) is -0.355. The van der Waals surface area contributed by atoms with E-state index in [1.54, 1.807) is 9.80 Å². The molecule has 0 bridgehead atoms. The molecule has 5 rings (SSSR count). The number of anilines is 1. The Kier molecular flexibility index (Phi) is 5.70. The summed E-state index contributed by atoms with van der Waals surface area (Å²) >= 11 is 1.52. The first-order valence-corrected chi connectivity index (χ1v) is 11.6. The molecule has 6 nitrogen and oxygen atoms in total. The van der Waals surface area contributed by atoms with Crippen molar-refractivity contribution in [2.45, 2.75) is 31.9 Å². The van der Waals surface area contributed by atoms with Gasteiger partial charge in [0.25, 0.3) is 0 Å². The summed E-state index contributed by atoms with van der Waals surface area (Å²) in [6, 6.07) is 17.8. The number of ether oxygens (including phenoxy) is 1. The van der Waals surface area contributed by atoms with Gasteiger partial charge in [-0.2, -0.15) is 0 Å². The highest BCUT2D eigenvalue weighted by Gasteiger charge is 2.38. The summed E-state index contributed by atoms with van der Waals surface area (Å²) in [4.78, 5) is 34.6. The van der Waals surface area contributed by atoms with Crippen LogP contribution >= 0.6 is 11.3 Å². The number of likely N-dealkylation sites (tertiary alicyclic amines) is 1.